The van der Waals surface area contributed by atoms with Crippen LogP contribution in [0.3, 0.4) is 0 Å². The van der Waals surface area contributed by atoms with Gasteiger partial charge in [0.05, 0.1) is 12.1 Å². The number of halogens is 3. The van der Waals surface area contributed by atoms with Crippen molar-refractivity contribution in [2.45, 2.75) is 147 Å². The number of carboxylic acids is 2. The Morgan fingerprint density at radius 3 is 1.16 bits per heavy atom. The van der Waals surface area contributed by atoms with E-state index in [0.29, 0.717) is 57.9 Å². The Morgan fingerprint density at radius 2 is 0.861 bits per heavy atom. The van der Waals surface area contributed by atoms with E-state index in [-0.39, 0.29) is 65.5 Å². The van der Waals surface area contributed by atoms with Crippen LogP contribution >= 0.6 is 0 Å². The Morgan fingerprint density at radius 1 is 0.532 bits per heavy atom. The second kappa shape index (κ2) is 31.4. The third kappa shape index (κ3) is 25.1. The van der Waals surface area contributed by atoms with E-state index >= 15 is 0 Å². The minimum atomic E-state index is -0.860. The number of alkyl carbamates (subject to hydrolysis) is 2. The number of hydrogen-bond donors (Lipinski definition) is 8. The molecule has 4 heterocycles. The van der Waals surface area contributed by atoms with Crippen LogP contribution in [0.1, 0.15) is 90.8 Å². The zero-order valence-electron chi connectivity index (χ0n) is 47.6. The lowest BCUT2D eigenvalue weighted by Crippen LogP contribution is -2.41. The van der Waals surface area contributed by atoms with E-state index in [0.717, 1.165) is 36.2 Å². The van der Waals surface area contributed by atoms with Crippen LogP contribution in [0, 0.1) is 23.4 Å². The van der Waals surface area contributed by atoms with E-state index < -0.39 is 41.4 Å². The van der Waals surface area contributed by atoms with Gasteiger partial charge in [0.15, 0.2) is 0 Å². The molecule has 7 rings (SSSR count). The molecule has 0 aromatic heterocycles. The number of carbonyl (C=O) groups excluding carboxylic acids is 4. The van der Waals surface area contributed by atoms with Crippen LogP contribution in [0.4, 0.5) is 22.8 Å². The van der Waals surface area contributed by atoms with E-state index in [4.69, 9.17) is 31.2 Å². The van der Waals surface area contributed by atoms with Gasteiger partial charge in [-0.25, -0.2) is 22.8 Å². The van der Waals surface area contributed by atoms with E-state index in [1.54, 1.807) is 89.9 Å². The summed E-state index contributed by atoms with van der Waals surface area (Å²) in [5.41, 5.74) is 12.7. The first kappa shape index (κ1) is 66.9. The Labute approximate surface area is 463 Å². The monoisotopic (exact) mass is 1110 g/mol. The van der Waals surface area contributed by atoms with Gasteiger partial charge in [0.25, 0.3) is 0 Å². The molecule has 4 saturated heterocycles. The summed E-state index contributed by atoms with van der Waals surface area (Å²) in [5, 5.41) is 28.8. The molecular weight excluding hydrogens is 1030 g/mol. The maximum atomic E-state index is 12.9. The number of aliphatic carboxylic acids is 2. The van der Waals surface area contributed by atoms with Gasteiger partial charge < -0.3 is 52.4 Å². The third-order valence-electron chi connectivity index (χ3n) is 13.0. The molecule has 0 saturated carbocycles. The van der Waals surface area contributed by atoms with E-state index in [1.807, 2.05) is 35.8 Å². The summed E-state index contributed by atoms with van der Waals surface area (Å²) in [6.07, 6.45) is 1.44. The van der Waals surface area contributed by atoms with Crippen molar-refractivity contribution in [3.05, 3.63) is 107 Å². The minimum Gasteiger partial charge on any atom is -0.480 e. The summed E-state index contributed by atoms with van der Waals surface area (Å²) in [6.45, 7) is 16.8. The Hall–Kier alpha value is -6.37. The van der Waals surface area contributed by atoms with E-state index in [1.165, 1.54) is 36.4 Å². The van der Waals surface area contributed by atoms with E-state index in [2.05, 4.69) is 28.2 Å². The number of carboxylic acid groups (broad SMARTS) is 2. The van der Waals surface area contributed by atoms with Crippen LogP contribution in [0.25, 0.3) is 0 Å². The second-order valence-electron chi connectivity index (χ2n) is 22.5. The fraction of sp³-hybridized carbons (Fsp3) is 0.571. The average molecular weight is 1120 g/mol. The van der Waals surface area contributed by atoms with Gasteiger partial charge in [-0.05, 0) is 154 Å². The highest BCUT2D eigenvalue weighted by Gasteiger charge is 2.38. The number of carbonyl (C=O) groups is 6. The first-order valence-corrected chi connectivity index (χ1v) is 26.3. The fourth-order valence-electron chi connectivity index (χ4n) is 9.08. The number of amides is 4. The maximum absolute atomic E-state index is 12.9. The van der Waals surface area contributed by atoms with Crippen LogP contribution in [-0.4, -0.2) is 174 Å². The average Bonchev–Trinajstić information content (AvgIpc) is 4.12. The molecule has 440 valence electrons. The molecule has 23 heteroatoms. The maximum Gasteiger partial charge on any atom is 0.407 e. The molecule has 8 atom stereocenters. The number of likely N-dealkylation sites (N-methyl/N-ethyl adjacent to an activating group) is 4. The van der Waals surface area contributed by atoms with Crippen molar-refractivity contribution in [2.75, 3.05) is 54.4 Å². The van der Waals surface area contributed by atoms with Crippen LogP contribution in [-0.2, 0) is 48.3 Å². The molecule has 0 bridgehead atoms. The van der Waals surface area contributed by atoms with Gasteiger partial charge in [-0.15, -0.1) is 0 Å². The largest absolute Gasteiger partial charge is 0.480 e. The second-order valence-corrected chi connectivity index (χ2v) is 22.5. The number of nitrogens with one attached hydrogen (secondary N) is 4. The normalized spacial score (nSPS) is 23.1. The van der Waals surface area contributed by atoms with Crippen molar-refractivity contribution in [1.82, 2.24) is 40.9 Å². The fourth-order valence-corrected chi connectivity index (χ4v) is 9.08. The summed E-state index contributed by atoms with van der Waals surface area (Å²) in [6, 6.07) is 16.8. The molecule has 20 nitrogen and oxygen atoms in total. The summed E-state index contributed by atoms with van der Waals surface area (Å²) >= 11 is 0. The molecule has 79 heavy (non-hydrogen) atoms. The number of benzene rings is 3. The van der Waals surface area contributed by atoms with Crippen LogP contribution < -0.4 is 32.7 Å². The van der Waals surface area contributed by atoms with Gasteiger partial charge in [-0.1, -0.05) is 43.3 Å². The van der Waals surface area contributed by atoms with Gasteiger partial charge in [0.2, 0.25) is 11.8 Å². The smallest absolute Gasteiger partial charge is 0.407 e. The van der Waals surface area contributed by atoms with Crippen LogP contribution in [0.5, 0.6) is 0 Å². The molecule has 8 unspecified atom stereocenters. The summed E-state index contributed by atoms with van der Waals surface area (Å²) in [4.78, 5) is 76.6. The Bertz CT molecular complexity index is 2410. The topological polar surface area (TPSA) is 274 Å². The van der Waals surface area contributed by atoms with Gasteiger partial charge in [-0.3, -0.25) is 38.8 Å². The Kier molecular flexibility index (Phi) is 26.6. The van der Waals surface area contributed by atoms with Gasteiger partial charge in [0, 0.05) is 63.9 Å². The van der Waals surface area contributed by atoms with Gasteiger partial charge >= 0.3 is 24.1 Å². The molecule has 0 spiro atoms. The first-order valence-electron chi connectivity index (χ1n) is 26.3. The number of ether oxygens (including phenoxy) is 2. The highest BCUT2D eigenvalue weighted by molar-refractivity contribution is 5.83. The zero-order valence-corrected chi connectivity index (χ0v) is 47.6. The number of nitrogens with two attached hydrogens (primary N) is 2. The highest BCUT2D eigenvalue weighted by Crippen LogP contribution is 2.22. The lowest BCUT2D eigenvalue weighted by Gasteiger charge is -2.21. The summed E-state index contributed by atoms with van der Waals surface area (Å²) in [7, 11) is 7.34. The van der Waals surface area contributed by atoms with E-state index in [9.17, 15) is 41.9 Å². The minimum absolute atomic E-state index is 0.0187. The predicted octanol–water partition coefficient (Wildman–Crippen LogP) is 4.88. The van der Waals surface area contributed by atoms with Crippen LogP contribution in [0.2, 0.25) is 0 Å². The zero-order chi connectivity index (χ0) is 59.4. The van der Waals surface area contributed by atoms with Gasteiger partial charge in [0.1, 0.15) is 40.7 Å². The summed E-state index contributed by atoms with van der Waals surface area (Å²) in [5.74, 6) is -1.94. The first-order chi connectivity index (χ1) is 36.8. The molecular formula is C56H85F3N10O10. The van der Waals surface area contributed by atoms with Crippen molar-refractivity contribution in [3.8, 4) is 0 Å². The lowest BCUT2D eigenvalue weighted by atomic mass is 10.1. The van der Waals surface area contributed by atoms with Crippen molar-refractivity contribution in [3.63, 3.8) is 0 Å². The number of likely N-dealkylation sites (tertiary alicyclic amines) is 4. The molecule has 10 N–H and O–H groups in total. The van der Waals surface area contributed by atoms with Crippen LogP contribution in [0.15, 0.2) is 72.8 Å². The molecule has 4 aliphatic heterocycles. The standard InChI is InChI=1S/C18H26FN3O3.C13H18FN3O.C11H20N2O4.C7H8FN.C7H13NO2/c1-18(2,3)25-17(24)21-14-9-15(22(4)11-14)16(23)20-10-12-5-7-13(19)8-6-12;1-17-8-11(15)6-12(17)13(18)16-7-9-2-4-10(14)5-3-9;1-11(2,3)17-10(16)12-7-5-8(9(14)15)13(4)6-7;8-7-3-1-6(5-9)2-4-7;1-5-3-6(7(9)10)8(2)4-5/h5-8,14-15H,9-11H2,1-4H3,(H,20,23)(H,21,24);2-5,11-12H,6-8,15H2,1H3,(H,16,18);7-8H,5-6H2,1-4H3,(H,12,16)(H,14,15);1-4H,5,9H2;5-6H,3-4H2,1-2H3,(H,9,10). The molecule has 3 aromatic carbocycles. The number of nitrogens with zero attached hydrogens (tertiary/aromatic N) is 4. The number of hydrogen-bond acceptors (Lipinski definition) is 14. The van der Waals surface area contributed by atoms with Crippen molar-refractivity contribution in [2.24, 2.45) is 17.4 Å². The molecule has 4 amide bonds. The van der Waals surface area contributed by atoms with Crippen molar-refractivity contribution in [1.29, 1.82) is 0 Å². The quantitative estimate of drug-likeness (QED) is 0.127. The predicted molar refractivity (Wildman–Crippen MR) is 294 cm³/mol. The molecule has 0 aliphatic carbocycles. The van der Waals surface area contributed by atoms with Crippen molar-refractivity contribution >= 4 is 35.9 Å². The van der Waals surface area contributed by atoms with Crippen molar-refractivity contribution < 1.29 is 61.6 Å². The molecule has 4 aliphatic rings. The Balaban J connectivity index is 0.000000271. The SMILES string of the molecule is CC1CC(C(=O)O)N(C)C1.CN1CC(N)CC1C(=O)NCc1ccc(F)cc1.CN1CC(NC(=O)OC(C)(C)C)CC1C(=O)NCc1ccc(F)cc1.CN1CC(NC(=O)OC(C)(C)C)CC1C(=O)O.NCc1ccc(F)cc1. The lowest BCUT2D eigenvalue weighted by molar-refractivity contribution is -0.142. The highest BCUT2D eigenvalue weighted by atomic mass is 19.1. The molecule has 3 aromatic rings. The summed E-state index contributed by atoms with van der Waals surface area (Å²) < 4.78 is 48.2. The molecule has 0 radical (unpaired) electrons. The number of rotatable bonds is 11. The van der Waals surface area contributed by atoms with Gasteiger partial charge in [-0.2, -0.15) is 0 Å². The molecule has 4 fully saturated rings. The third-order valence-corrected chi connectivity index (χ3v) is 13.0.